The van der Waals surface area contributed by atoms with Crippen molar-refractivity contribution in [3.8, 4) is 17.3 Å². The van der Waals surface area contributed by atoms with Crippen LogP contribution in [0.15, 0.2) is 59.2 Å². The zero-order valence-electron chi connectivity index (χ0n) is 13.7. The topological polar surface area (TPSA) is 89.3 Å². The molecule has 0 aliphatic heterocycles. The first kappa shape index (κ1) is 16.5. The summed E-state index contributed by atoms with van der Waals surface area (Å²) in [7, 11) is 0. The number of urea groups is 1. The van der Waals surface area contributed by atoms with Gasteiger partial charge >= 0.3 is 6.03 Å². The summed E-state index contributed by atoms with van der Waals surface area (Å²) in [5.74, 6) is 1.03. The van der Waals surface area contributed by atoms with Gasteiger partial charge in [-0.15, -0.1) is 10.2 Å². The minimum Gasteiger partial charge on any atom is -0.475 e. The highest BCUT2D eigenvalue weighted by Crippen LogP contribution is 2.17. The molecule has 2 aromatic heterocycles. The zero-order chi connectivity index (χ0) is 17.5. The van der Waals surface area contributed by atoms with Crippen molar-refractivity contribution < 1.29 is 13.9 Å². The SMILES string of the molecule is Cc1ccccc1NC(=O)NCCOc1ccc(-c2ccco2)nn1. The van der Waals surface area contributed by atoms with Crippen LogP contribution in [0.5, 0.6) is 5.88 Å². The summed E-state index contributed by atoms with van der Waals surface area (Å²) >= 11 is 0. The molecule has 0 aliphatic carbocycles. The van der Waals surface area contributed by atoms with Crippen molar-refractivity contribution in [3.05, 3.63) is 60.4 Å². The minimum absolute atomic E-state index is 0.280. The largest absolute Gasteiger partial charge is 0.475 e. The second kappa shape index (κ2) is 7.96. The van der Waals surface area contributed by atoms with Gasteiger partial charge in [-0.1, -0.05) is 18.2 Å². The number of carbonyl (C=O) groups is 1. The predicted molar refractivity (Wildman–Crippen MR) is 93.4 cm³/mol. The number of hydrogen-bond donors (Lipinski definition) is 2. The van der Waals surface area contributed by atoms with E-state index in [4.69, 9.17) is 9.15 Å². The number of anilines is 1. The quantitative estimate of drug-likeness (QED) is 0.674. The zero-order valence-corrected chi connectivity index (χ0v) is 13.7. The van der Waals surface area contributed by atoms with Crippen LogP contribution in [0.1, 0.15) is 5.56 Å². The molecule has 0 atom stereocenters. The molecule has 3 rings (SSSR count). The van der Waals surface area contributed by atoms with E-state index in [1.54, 1.807) is 24.5 Å². The molecule has 7 nitrogen and oxygen atoms in total. The van der Waals surface area contributed by atoms with Crippen molar-refractivity contribution in [3.63, 3.8) is 0 Å². The lowest BCUT2D eigenvalue weighted by Crippen LogP contribution is -2.32. The maximum Gasteiger partial charge on any atom is 0.319 e. The Bertz CT molecular complexity index is 817. The Morgan fingerprint density at radius 3 is 2.72 bits per heavy atom. The molecule has 0 saturated heterocycles. The molecule has 1 aromatic carbocycles. The predicted octanol–water partition coefficient (Wildman–Crippen LogP) is 3.25. The Morgan fingerprint density at radius 1 is 1.12 bits per heavy atom. The monoisotopic (exact) mass is 338 g/mol. The number of para-hydroxylation sites is 1. The molecule has 0 aliphatic rings. The maximum atomic E-state index is 11.8. The van der Waals surface area contributed by atoms with Crippen molar-refractivity contribution >= 4 is 11.7 Å². The lowest BCUT2D eigenvalue weighted by molar-refractivity contribution is 0.246. The number of carbonyl (C=O) groups excluding carboxylic acids is 1. The van der Waals surface area contributed by atoms with Crippen LogP contribution in [-0.2, 0) is 0 Å². The first-order valence-electron chi connectivity index (χ1n) is 7.83. The number of nitrogens with zero attached hydrogens (tertiary/aromatic N) is 2. The Balaban J connectivity index is 1.41. The highest BCUT2D eigenvalue weighted by atomic mass is 16.5. The molecule has 0 spiro atoms. The van der Waals surface area contributed by atoms with Crippen LogP contribution in [0.2, 0.25) is 0 Å². The van der Waals surface area contributed by atoms with E-state index in [-0.39, 0.29) is 12.6 Å². The number of amides is 2. The summed E-state index contributed by atoms with van der Waals surface area (Å²) < 4.78 is 10.7. The molecule has 25 heavy (non-hydrogen) atoms. The van der Waals surface area contributed by atoms with Crippen LogP contribution < -0.4 is 15.4 Å². The van der Waals surface area contributed by atoms with E-state index in [9.17, 15) is 4.79 Å². The van der Waals surface area contributed by atoms with Gasteiger partial charge in [-0.3, -0.25) is 0 Å². The highest BCUT2D eigenvalue weighted by Gasteiger charge is 2.05. The molecule has 0 bridgehead atoms. The van der Waals surface area contributed by atoms with Gasteiger partial charge in [-0.05, 0) is 36.8 Å². The van der Waals surface area contributed by atoms with E-state index < -0.39 is 0 Å². The molecule has 128 valence electrons. The number of rotatable bonds is 6. The van der Waals surface area contributed by atoms with Gasteiger partial charge in [0.2, 0.25) is 5.88 Å². The van der Waals surface area contributed by atoms with Gasteiger partial charge in [0.25, 0.3) is 0 Å². The van der Waals surface area contributed by atoms with E-state index in [0.717, 1.165) is 11.3 Å². The van der Waals surface area contributed by atoms with Crippen LogP contribution in [-0.4, -0.2) is 29.4 Å². The average Bonchev–Trinajstić information content (AvgIpc) is 3.16. The number of aromatic nitrogens is 2. The number of hydrogen-bond acceptors (Lipinski definition) is 5. The molecule has 0 fully saturated rings. The van der Waals surface area contributed by atoms with E-state index in [0.29, 0.717) is 23.9 Å². The van der Waals surface area contributed by atoms with Gasteiger partial charge < -0.3 is 19.8 Å². The third-order valence-electron chi connectivity index (χ3n) is 3.44. The maximum absolute atomic E-state index is 11.8. The number of furan rings is 1. The summed E-state index contributed by atoms with van der Waals surface area (Å²) in [5.41, 5.74) is 2.41. The van der Waals surface area contributed by atoms with Crippen molar-refractivity contribution in [2.75, 3.05) is 18.5 Å². The van der Waals surface area contributed by atoms with Crippen LogP contribution in [0.3, 0.4) is 0 Å². The van der Waals surface area contributed by atoms with Crippen LogP contribution in [0.25, 0.3) is 11.5 Å². The molecular weight excluding hydrogens is 320 g/mol. The molecular formula is C18H18N4O3. The van der Waals surface area contributed by atoms with Gasteiger partial charge in [0.05, 0.1) is 12.8 Å². The third-order valence-corrected chi connectivity index (χ3v) is 3.44. The summed E-state index contributed by atoms with van der Waals surface area (Å²) in [6.45, 7) is 2.57. The van der Waals surface area contributed by atoms with E-state index in [1.807, 2.05) is 37.3 Å². The van der Waals surface area contributed by atoms with Crippen molar-refractivity contribution in [2.45, 2.75) is 6.92 Å². The second-order valence-electron chi connectivity index (χ2n) is 5.28. The van der Waals surface area contributed by atoms with E-state index in [2.05, 4.69) is 20.8 Å². The lowest BCUT2D eigenvalue weighted by atomic mass is 10.2. The first-order valence-corrected chi connectivity index (χ1v) is 7.83. The first-order chi connectivity index (χ1) is 12.2. The molecule has 3 aromatic rings. The van der Waals surface area contributed by atoms with Crippen LogP contribution in [0, 0.1) is 6.92 Å². The summed E-state index contributed by atoms with van der Waals surface area (Å²) in [6.07, 6.45) is 1.58. The Morgan fingerprint density at radius 2 is 2.00 bits per heavy atom. The normalized spacial score (nSPS) is 10.3. The van der Waals surface area contributed by atoms with Crippen molar-refractivity contribution in [1.82, 2.24) is 15.5 Å². The Hall–Kier alpha value is -3.35. The second-order valence-corrected chi connectivity index (χ2v) is 5.28. The molecule has 0 saturated carbocycles. The number of aryl methyl sites for hydroxylation is 1. The summed E-state index contributed by atoms with van der Waals surface area (Å²) in [4.78, 5) is 11.8. The number of ether oxygens (including phenoxy) is 1. The minimum atomic E-state index is -0.280. The fraction of sp³-hybridized carbons (Fsp3) is 0.167. The van der Waals surface area contributed by atoms with Gasteiger partial charge in [-0.25, -0.2) is 4.79 Å². The Kier molecular flexibility index (Phi) is 5.26. The Labute approximate surface area is 145 Å². The van der Waals surface area contributed by atoms with Crippen molar-refractivity contribution in [2.24, 2.45) is 0 Å². The van der Waals surface area contributed by atoms with E-state index >= 15 is 0 Å². The standard InChI is InChI=1S/C18H18N4O3/c1-13-5-2-3-6-14(13)20-18(23)19-10-12-25-17-9-8-15(21-22-17)16-7-4-11-24-16/h2-9,11H,10,12H2,1H3,(H2,19,20,23). The van der Waals surface area contributed by atoms with Crippen LogP contribution >= 0.6 is 0 Å². The van der Waals surface area contributed by atoms with Gasteiger partial charge in [0, 0.05) is 11.8 Å². The fourth-order valence-electron chi connectivity index (χ4n) is 2.15. The number of nitrogens with one attached hydrogen (secondary N) is 2. The van der Waals surface area contributed by atoms with Gasteiger partial charge in [-0.2, -0.15) is 0 Å². The molecule has 7 heteroatoms. The number of benzene rings is 1. The van der Waals surface area contributed by atoms with Gasteiger partial charge in [0.1, 0.15) is 12.3 Å². The van der Waals surface area contributed by atoms with Gasteiger partial charge in [0.15, 0.2) is 5.76 Å². The molecule has 0 radical (unpaired) electrons. The summed E-state index contributed by atoms with van der Waals surface area (Å²) in [5, 5.41) is 13.5. The smallest absolute Gasteiger partial charge is 0.319 e. The van der Waals surface area contributed by atoms with Crippen molar-refractivity contribution in [1.29, 1.82) is 0 Å². The van der Waals surface area contributed by atoms with Crippen LogP contribution in [0.4, 0.5) is 10.5 Å². The highest BCUT2D eigenvalue weighted by molar-refractivity contribution is 5.89. The summed E-state index contributed by atoms with van der Waals surface area (Å²) in [6, 6.07) is 14.4. The third kappa shape index (κ3) is 4.57. The molecule has 2 heterocycles. The fourth-order valence-corrected chi connectivity index (χ4v) is 2.15. The molecule has 0 unspecified atom stereocenters. The molecule has 2 amide bonds. The average molecular weight is 338 g/mol. The lowest BCUT2D eigenvalue weighted by Gasteiger charge is -2.10. The molecule has 2 N–H and O–H groups in total. The van der Waals surface area contributed by atoms with E-state index in [1.165, 1.54) is 0 Å².